The van der Waals surface area contributed by atoms with Crippen molar-refractivity contribution in [2.45, 2.75) is 6.18 Å². The van der Waals surface area contributed by atoms with E-state index in [0.29, 0.717) is 6.20 Å². The summed E-state index contributed by atoms with van der Waals surface area (Å²) in [6.07, 6.45) is -2.33. The van der Waals surface area contributed by atoms with Crippen LogP contribution < -0.4 is 5.32 Å². The number of carbonyl (C=O) groups is 1. The SMILES string of the molecule is O=CNc1cncc(C(F)(F)F)c1. The summed E-state index contributed by atoms with van der Waals surface area (Å²) in [5, 5.41) is 2.08. The molecule has 0 radical (unpaired) electrons. The van der Waals surface area contributed by atoms with Crippen molar-refractivity contribution in [3.63, 3.8) is 0 Å². The predicted molar refractivity (Wildman–Crippen MR) is 38.9 cm³/mol. The minimum Gasteiger partial charge on any atom is -0.327 e. The minimum absolute atomic E-state index is 0.0184. The Labute approximate surface area is 71.6 Å². The molecule has 0 bridgehead atoms. The highest BCUT2D eigenvalue weighted by Gasteiger charge is 2.30. The number of hydrogen-bond donors (Lipinski definition) is 1. The van der Waals surface area contributed by atoms with Gasteiger partial charge in [-0.1, -0.05) is 0 Å². The number of hydrogen-bond acceptors (Lipinski definition) is 2. The summed E-state index contributed by atoms with van der Waals surface area (Å²) >= 11 is 0. The minimum atomic E-state index is -4.44. The molecule has 1 N–H and O–H groups in total. The van der Waals surface area contributed by atoms with Crippen molar-refractivity contribution >= 4 is 12.1 Å². The third kappa shape index (κ3) is 2.43. The summed E-state index contributed by atoms with van der Waals surface area (Å²) < 4.78 is 36.2. The molecule has 0 saturated carbocycles. The van der Waals surface area contributed by atoms with Crippen LogP contribution in [0.25, 0.3) is 0 Å². The summed E-state index contributed by atoms with van der Waals surface area (Å²) in [5.74, 6) is 0. The first kappa shape index (κ1) is 9.50. The van der Waals surface area contributed by atoms with Gasteiger partial charge in [0.15, 0.2) is 0 Å². The zero-order chi connectivity index (χ0) is 9.90. The van der Waals surface area contributed by atoms with E-state index in [0.717, 1.165) is 12.3 Å². The fourth-order valence-corrected chi connectivity index (χ4v) is 0.742. The first-order valence-corrected chi connectivity index (χ1v) is 3.26. The first-order valence-electron chi connectivity index (χ1n) is 3.26. The van der Waals surface area contributed by atoms with E-state index in [1.807, 2.05) is 0 Å². The lowest BCUT2D eigenvalue weighted by molar-refractivity contribution is -0.137. The zero-order valence-electron chi connectivity index (χ0n) is 6.30. The van der Waals surface area contributed by atoms with Crippen LogP contribution in [0.15, 0.2) is 18.5 Å². The lowest BCUT2D eigenvalue weighted by atomic mass is 10.2. The smallest absolute Gasteiger partial charge is 0.327 e. The number of aromatic nitrogens is 1. The summed E-state index contributed by atoms with van der Waals surface area (Å²) in [5.41, 5.74) is -0.871. The second kappa shape index (κ2) is 3.42. The quantitative estimate of drug-likeness (QED) is 0.720. The van der Waals surface area contributed by atoms with Crippen molar-refractivity contribution in [2.75, 3.05) is 5.32 Å². The number of pyridine rings is 1. The number of amides is 1. The Morgan fingerprint density at radius 1 is 1.38 bits per heavy atom. The van der Waals surface area contributed by atoms with Crippen molar-refractivity contribution in [2.24, 2.45) is 0 Å². The summed E-state index contributed by atoms with van der Waals surface area (Å²) in [6.45, 7) is 0. The lowest BCUT2D eigenvalue weighted by Crippen LogP contribution is -2.06. The molecule has 70 valence electrons. The first-order chi connectivity index (χ1) is 6.04. The topological polar surface area (TPSA) is 42.0 Å². The molecule has 0 fully saturated rings. The predicted octanol–water partition coefficient (Wildman–Crippen LogP) is 1.67. The molecular weight excluding hydrogens is 185 g/mol. The van der Waals surface area contributed by atoms with Gasteiger partial charge in [-0.3, -0.25) is 9.78 Å². The van der Waals surface area contributed by atoms with Gasteiger partial charge in [0.2, 0.25) is 6.41 Å². The molecule has 0 aromatic carbocycles. The molecule has 0 unspecified atom stereocenters. The molecule has 0 aliphatic heterocycles. The normalized spacial score (nSPS) is 11.0. The maximum Gasteiger partial charge on any atom is 0.417 e. The van der Waals surface area contributed by atoms with Crippen LogP contribution >= 0.6 is 0 Å². The average Bonchev–Trinajstić information content (AvgIpc) is 2.04. The van der Waals surface area contributed by atoms with Crippen molar-refractivity contribution < 1.29 is 18.0 Å². The number of anilines is 1. The van der Waals surface area contributed by atoms with Crippen LogP contribution in [0.1, 0.15) is 5.56 Å². The standard InChI is InChI=1S/C7H5F3N2O/c8-7(9,10)5-1-6(12-4-13)3-11-2-5/h1-4H,(H,12,13). The number of alkyl halides is 3. The Morgan fingerprint density at radius 2 is 2.08 bits per heavy atom. The highest BCUT2D eigenvalue weighted by atomic mass is 19.4. The zero-order valence-corrected chi connectivity index (χ0v) is 6.30. The van der Waals surface area contributed by atoms with E-state index in [2.05, 4.69) is 10.3 Å². The van der Waals surface area contributed by atoms with E-state index in [-0.39, 0.29) is 12.1 Å². The molecule has 1 aromatic rings. The number of nitrogens with zero attached hydrogens (tertiary/aromatic N) is 1. The molecule has 0 saturated heterocycles. The number of rotatable bonds is 2. The van der Waals surface area contributed by atoms with E-state index in [1.54, 1.807) is 0 Å². The molecule has 1 rings (SSSR count). The van der Waals surface area contributed by atoms with Gasteiger partial charge in [0.25, 0.3) is 0 Å². The molecule has 0 aliphatic carbocycles. The third-order valence-electron chi connectivity index (χ3n) is 1.29. The van der Waals surface area contributed by atoms with Crippen molar-refractivity contribution in [3.05, 3.63) is 24.0 Å². The highest BCUT2D eigenvalue weighted by Crippen LogP contribution is 2.29. The average molecular weight is 190 g/mol. The van der Waals surface area contributed by atoms with Crippen molar-refractivity contribution in [1.82, 2.24) is 4.98 Å². The number of halogens is 3. The van der Waals surface area contributed by atoms with E-state index < -0.39 is 11.7 Å². The Kier molecular flexibility index (Phi) is 2.50. The Bertz CT molecular complexity index is 311. The second-order valence-corrected chi connectivity index (χ2v) is 2.22. The van der Waals surface area contributed by atoms with Crippen LogP contribution in [0.5, 0.6) is 0 Å². The third-order valence-corrected chi connectivity index (χ3v) is 1.29. The maximum atomic E-state index is 12.1. The van der Waals surface area contributed by atoms with Crippen LogP contribution in [0.3, 0.4) is 0 Å². The van der Waals surface area contributed by atoms with Crippen molar-refractivity contribution in [1.29, 1.82) is 0 Å². The lowest BCUT2D eigenvalue weighted by Gasteiger charge is -2.06. The Morgan fingerprint density at radius 3 is 2.62 bits per heavy atom. The van der Waals surface area contributed by atoms with Crippen LogP contribution in [0.4, 0.5) is 18.9 Å². The van der Waals surface area contributed by atoms with E-state index in [4.69, 9.17) is 0 Å². The van der Waals surface area contributed by atoms with Gasteiger partial charge in [-0.15, -0.1) is 0 Å². The van der Waals surface area contributed by atoms with Gasteiger partial charge >= 0.3 is 6.18 Å². The monoisotopic (exact) mass is 190 g/mol. The van der Waals surface area contributed by atoms with Crippen LogP contribution in [0.2, 0.25) is 0 Å². The molecule has 1 aromatic heterocycles. The van der Waals surface area contributed by atoms with E-state index in [1.165, 1.54) is 0 Å². The molecule has 0 aliphatic rings. The summed E-state index contributed by atoms with van der Waals surface area (Å²) in [7, 11) is 0. The van der Waals surface area contributed by atoms with E-state index in [9.17, 15) is 18.0 Å². The summed E-state index contributed by atoms with van der Waals surface area (Å²) in [6, 6.07) is 0.807. The molecule has 0 atom stereocenters. The molecule has 1 amide bonds. The van der Waals surface area contributed by atoms with Crippen molar-refractivity contribution in [3.8, 4) is 0 Å². The number of carbonyl (C=O) groups excluding carboxylic acids is 1. The molecule has 0 spiro atoms. The largest absolute Gasteiger partial charge is 0.417 e. The molecule has 13 heavy (non-hydrogen) atoms. The maximum absolute atomic E-state index is 12.1. The highest BCUT2D eigenvalue weighted by molar-refractivity contribution is 5.70. The molecule has 6 heteroatoms. The van der Waals surface area contributed by atoms with Gasteiger partial charge in [-0.2, -0.15) is 13.2 Å². The second-order valence-electron chi connectivity index (χ2n) is 2.22. The fourth-order valence-electron chi connectivity index (χ4n) is 0.742. The number of nitrogens with one attached hydrogen (secondary N) is 1. The molecule has 1 heterocycles. The Balaban J connectivity index is 2.98. The van der Waals surface area contributed by atoms with Crippen LogP contribution in [-0.2, 0) is 11.0 Å². The van der Waals surface area contributed by atoms with Gasteiger partial charge < -0.3 is 5.32 Å². The van der Waals surface area contributed by atoms with Crippen LogP contribution in [0, 0.1) is 0 Å². The van der Waals surface area contributed by atoms with Gasteiger partial charge in [-0.05, 0) is 6.07 Å². The van der Waals surface area contributed by atoms with Gasteiger partial charge in [-0.25, -0.2) is 0 Å². The molecular formula is C7H5F3N2O. The molecule has 3 nitrogen and oxygen atoms in total. The Hall–Kier alpha value is -1.59. The van der Waals surface area contributed by atoms with Gasteiger partial charge in [0.1, 0.15) is 0 Å². The van der Waals surface area contributed by atoms with E-state index >= 15 is 0 Å². The van der Waals surface area contributed by atoms with Gasteiger partial charge in [0.05, 0.1) is 17.4 Å². The van der Waals surface area contributed by atoms with Crippen LogP contribution in [-0.4, -0.2) is 11.4 Å². The summed E-state index contributed by atoms with van der Waals surface area (Å²) in [4.78, 5) is 13.2. The fraction of sp³-hybridized carbons (Fsp3) is 0.143. The van der Waals surface area contributed by atoms with Gasteiger partial charge in [0, 0.05) is 6.20 Å².